The molecule has 1 fully saturated rings. The summed E-state index contributed by atoms with van der Waals surface area (Å²) in [4.78, 5) is 26.5. The molecule has 1 heterocycles. The number of ether oxygens (including phenoxy) is 2. The van der Waals surface area contributed by atoms with Gasteiger partial charge < -0.3 is 19.7 Å². The molecule has 1 saturated heterocycles. The number of rotatable bonds is 9. The Labute approximate surface area is 198 Å². The summed E-state index contributed by atoms with van der Waals surface area (Å²) < 4.78 is 51.0. The molecule has 1 aliphatic rings. The van der Waals surface area contributed by atoms with Gasteiger partial charge in [-0.15, -0.1) is 0 Å². The minimum absolute atomic E-state index is 0.226. The fourth-order valence-corrected chi connectivity index (χ4v) is 5.00. The zero-order chi connectivity index (χ0) is 24.7. The van der Waals surface area contributed by atoms with Gasteiger partial charge in [-0.2, -0.15) is 4.31 Å². The largest absolute Gasteiger partial charge is 0.452 e. The highest BCUT2D eigenvalue weighted by molar-refractivity contribution is 7.89. The van der Waals surface area contributed by atoms with Crippen LogP contribution < -0.4 is 10.2 Å². The van der Waals surface area contributed by atoms with E-state index in [9.17, 15) is 22.4 Å². The highest BCUT2D eigenvalue weighted by Crippen LogP contribution is 2.21. The van der Waals surface area contributed by atoms with E-state index in [0.29, 0.717) is 18.9 Å². The molecule has 3 rings (SSSR count). The number of esters is 1. The van der Waals surface area contributed by atoms with Crippen molar-refractivity contribution in [3.8, 4) is 0 Å². The van der Waals surface area contributed by atoms with E-state index in [2.05, 4.69) is 10.2 Å². The lowest BCUT2D eigenvalue weighted by Gasteiger charge is -2.28. The van der Waals surface area contributed by atoms with Crippen LogP contribution in [0.25, 0.3) is 0 Å². The Balaban J connectivity index is 1.60. The quantitative estimate of drug-likeness (QED) is 0.535. The van der Waals surface area contributed by atoms with Crippen molar-refractivity contribution in [3.63, 3.8) is 0 Å². The second kappa shape index (κ2) is 11.4. The van der Waals surface area contributed by atoms with E-state index < -0.39 is 39.9 Å². The molecule has 11 heteroatoms. The number of amides is 1. The first-order valence-corrected chi connectivity index (χ1v) is 12.4. The second-order valence-electron chi connectivity index (χ2n) is 7.50. The highest BCUT2D eigenvalue weighted by atomic mass is 32.2. The van der Waals surface area contributed by atoms with E-state index in [4.69, 9.17) is 9.47 Å². The predicted molar refractivity (Wildman–Crippen MR) is 125 cm³/mol. The average Bonchev–Trinajstić information content (AvgIpc) is 2.84. The maximum absolute atomic E-state index is 14.2. The Morgan fingerprint density at radius 2 is 1.74 bits per heavy atom. The highest BCUT2D eigenvalue weighted by Gasteiger charge is 2.25. The molecule has 1 N–H and O–H groups in total. The zero-order valence-electron chi connectivity index (χ0n) is 19.1. The third-order valence-corrected chi connectivity index (χ3v) is 7.41. The van der Waals surface area contributed by atoms with Crippen molar-refractivity contribution in [2.24, 2.45) is 0 Å². The zero-order valence-corrected chi connectivity index (χ0v) is 19.9. The molecule has 34 heavy (non-hydrogen) atoms. The maximum Gasteiger partial charge on any atom is 0.341 e. The number of morpholine rings is 1. The van der Waals surface area contributed by atoms with Gasteiger partial charge in [0.15, 0.2) is 6.61 Å². The van der Waals surface area contributed by atoms with Crippen molar-refractivity contribution >= 4 is 33.3 Å². The SMILES string of the molecule is CCN(CC)S(=O)(=O)c1ccc(F)c(C(=O)OCC(=O)Nc2ccc(N3CCOCC3)cc2)c1. The van der Waals surface area contributed by atoms with Crippen LogP contribution in [0.15, 0.2) is 47.4 Å². The normalized spacial score (nSPS) is 14.2. The summed E-state index contributed by atoms with van der Waals surface area (Å²) in [7, 11) is -3.89. The molecule has 9 nitrogen and oxygen atoms in total. The number of hydrogen-bond donors (Lipinski definition) is 1. The van der Waals surface area contributed by atoms with Crippen molar-refractivity contribution in [1.82, 2.24) is 4.31 Å². The molecule has 0 atom stereocenters. The topological polar surface area (TPSA) is 105 Å². The Bertz CT molecular complexity index is 1110. The van der Waals surface area contributed by atoms with Gasteiger partial charge >= 0.3 is 5.97 Å². The molecule has 0 bridgehead atoms. The summed E-state index contributed by atoms with van der Waals surface area (Å²) in [6.45, 7) is 6.04. The molecule has 1 amide bonds. The lowest BCUT2D eigenvalue weighted by molar-refractivity contribution is -0.119. The van der Waals surface area contributed by atoms with Crippen LogP contribution in [0.5, 0.6) is 0 Å². The van der Waals surface area contributed by atoms with Crippen LogP contribution in [0.2, 0.25) is 0 Å². The standard InChI is InChI=1S/C23H28FN3O6S/c1-3-27(4-2)34(30,31)19-9-10-21(24)20(15-19)23(29)33-16-22(28)25-17-5-7-18(8-6-17)26-11-13-32-14-12-26/h5-10,15H,3-4,11-14,16H2,1-2H3,(H,25,28). The van der Waals surface area contributed by atoms with Gasteiger partial charge in [0.1, 0.15) is 5.82 Å². The second-order valence-corrected chi connectivity index (χ2v) is 9.44. The lowest BCUT2D eigenvalue weighted by Crippen LogP contribution is -2.36. The molecular weight excluding hydrogens is 465 g/mol. The van der Waals surface area contributed by atoms with Crippen LogP contribution >= 0.6 is 0 Å². The molecule has 184 valence electrons. The van der Waals surface area contributed by atoms with Crippen LogP contribution in [0.4, 0.5) is 15.8 Å². The first-order chi connectivity index (χ1) is 16.3. The van der Waals surface area contributed by atoms with Gasteiger partial charge in [0, 0.05) is 37.6 Å². The Kier molecular flexibility index (Phi) is 8.59. The van der Waals surface area contributed by atoms with Gasteiger partial charge in [-0.25, -0.2) is 17.6 Å². The molecule has 0 unspecified atom stereocenters. The summed E-state index contributed by atoms with van der Waals surface area (Å²) in [5.74, 6) is -2.69. The van der Waals surface area contributed by atoms with E-state index >= 15 is 0 Å². The van der Waals surface area contributed by atoms with Gasteiger partial charge in [0.2, 0.25) is 10.0 Å². The van der Waals surface area contributed by atoms with E-state index in [1.165, 1.54) is 4.31 Å². The van der Waals surface area contributed by atoms with Crippen molar-refractivity contribution in [2.75, 3.05) is 56.2 Å². The lowest BCUT2D eigenvalue weighted by atomic mass is 10.2. The molecule has 2 aromatic rings. The number of anilines is 2. The van der Waals surface area contributed by atoms with Crippen LogP contribution in [-0.4, -0.2) is 70.6 Å². The van der Waals surface area contributed by atoms with Gasteiger partial charge in [0.05, 0.1) is 23.7 Å². The van der Waals surface area contributed by atoms with Crippen LogP contribution in [0.1, 0.15) is 24.2 Å². The van der Waals surface area contributed by atoms with Crippen LogP contribution in [-0.2, 0) is 24.3 Å². The maximum atomic E-state index is 14.2. The van der Waals surface area contributed by atoms with Crippen molar-refractivity contribution < 1.29 is 31.9 Å². The van der Waals surface area contributed by atoms with Crippen molar-refractivity contribution in [2.45, 2.75) is 18.7 Å². The summed E-state index contributed by atoms with van der Waals surface area (Å²) in [5, 5.41) is 2.60. The van der Waals surface area contributed by atoms with E-state index in [0.717, 1.165) is 37.0 Å². The van der Waals surface area contributed by atoms with E-state index in [1.807, 2.05) is 12.1 Å². The molecule has 2 aromatic carbocycles. The van der Waals surface area contributed by atoms with Crippen LogP contribution in [0.3, 0.4) is 0 Å². The van der Waals surface area contributed by atoms with Gasteiger partial charge in [0.25, 0.3) is 5.91 Å². The first-order valence-electron chi connectivity index (χ1n) is 11.0. The molecule has 0 spiro atoms. The monoisotopic (exact) mass is 493 g/mol. The minimum Gasteiger partial charge on any atom is -0.452 e. The molecule has 1 aliphatic heterocycles. The molecule has 0 aromatic heterocycles. The smallest absolute Gasteiger partial charge is 0.341 e. The number of hydrogen-bond acceptors (Lipinski definition) is 7. The summed E-state index contributed by atoms with van der Waals surface area (Å²) >= 11 is 0. The minimum atomic E-state index is -3.89. The predicted octanol–water partition coefficient (Wildman–Crippen LogP) is 2.49. The fourth-order valence-electron chi connectivity index (χ4n) is 3.52. The van der Waals surface area contributed by atoms with E-state index in [-0.39, 0.29) is 18.0 Å². The van der Waals surface area contributed by atoms with Crippen molar-refractivity contribution in [1.29, 1.82) is 0 Å². The summed E-state index contributed by atoms with van der Waals surface area (Å²) in [6.07, 6.45) is 0. The van der Waals surface area contributed by atoms with Crippen LogP contribution in [0, 0.1) is 5.82 Å². The van der Waals surface area contributed by atoms with Gasteiger partial charge in [-0.05, 0) is 42.5 Å². The Morgan fingerprint density at radius 3 is 2.35 bits per heavy atom. The average molecular weight is 494 g/mol. The number of nitrogens with zero attached hydrogens (tertiary/aromatic N) is 2. The number of carbonyl (C=O) groups is 2. The molecular formula is C23H28FN3O6S. The molecule has 0 saturated carbocycles. The number of halogens is 1. The fraction of sp³-hybridized carbons (Fsp3) is 0.391. The third kappa shape index (κ3) is 6.10. The van der Waals surface area contributed by atoms with E-state index in [1.54, 1.807) is 26.0 Å². The summed E-state index contributed by atoms with van der Waals surface area (Å²) in [6, 6.07) is 10.1. The Morgan fingerprint density at radius 1 is 1.09 bits per heavy atom. The van der Waals surface area contributed by atoms with Gasteiger partial charge in [-0.1, -0.05) is 13.8 Å². The summed E-state index contributed by atoms with van der Waals surface area (Å²) in [5.41, 5.74) is 0.954. The number of carbonyl (C=O) groups excluding carboxylic acids is 2. The number of nitrogens with one attached hydrogen (secondary N) is 1. The Hall–Kier alpha value is -3.02. The van der Waals surface area contributed by atoms with Gasteiger partial charge in [-0.3, -0.25) is 4.79 Å². The first kappa shape index (κ1) is 25.6. The number of benzene rings is 2. The van der Waals surface area contributed by atoms with Crippen molar-refractivity contribution in [3.05, 3.63) is 53.8 Å². The molecule has 0 aliphatic carbocycles. The third-order valence-electron chi connectivity index (χ3n) is 5.36. The molecule has 0 radical (unpaired) electrons. The number of sulfonamides is 1.